The molecule has 3 aliphatic rings. The normalized spacial score (nSPS) is 33.1. The summed E-state index contributed by atoms with van der Waals surface area (Å²) in [5.41, 5.74) is 0. The van der Waals surface area contributed by atoms with Crippen LogP contribution in [0.5, 0.6) is 0 Å². The Bertz CT molecular complexity index is 223. The molecule has 78 valence electrons. The summed E-state index contributed by atoms with van der Waals surface area (Å²) >= 11 is 0. The third-order valence-electron chi connectivity index (χ3n) is 2.97. The molecule has 2 saturated heterocycles. The van der Waals surface area contributed by atoms with Gasteiger partial charge in [-0.2, -0.15) is 0 Å². The molecule has 0 bridgehead atoms. The van der Waals surface area contributed by atoms with E-state index in [9.17, 15) is 0 Å². The monoisotopic (exact) mass is 198 g/mol. The first kappa shape index (κ1) is 8.85. The molecule has 4 nitrogen and oxygen atoms in total. The average molecular weight is 198 g/mol. The summed E-state index contributed by atoms with van der Waals surface area (Å²) in [5.74, 6) is -0.971. The number of ether oxygens (including phenoxy) is 4. The third-order valence-corrected chi connectivity index (χ3v) is 2.97. The Labute approximate surface area is 82.8 Å². The molecule has 2 fully saturated rings. The van der Waals surface area contributed by atoms with Gasteiger partial charge in [0.25, 0.3) is 0 Å². The molecule has 2 aliphatic heterocycles. The highest BCUT2D eigenvalue weighted by Crippen LogP contribution is 2.38. The van der Waals surface area contributed by atoms with E-state index in [0.29, 0.717) is 26.4 Å². The van der Waals surface area contributed by atoms with E-state index in [2.05, 4.69) is 0 Å². The van der Waals surface area contributed by atoms with E-state index < -0.39 is 11.6 Å². The third kappa shape index (κ3) is 1.30. The summed E-state index contributed by atoms with van der Waals surface area (Å²) in [4.78, 5) is 0. The van der Waals surface area contributed by atoms with E-state index in [-0.39, 0.29) is 0 Å². The molecule has 4 heteroatoms. The minimum atomic E-state index is -0.486. The van der Waals surface area contributed by atoms with E-state index >= 15 is 0 Å². The van der Waals surface area contributed by atoms with Gasteiger partial charge in [-0.3, -0.25) is 0 Å². The second kappa shape index (κ2) is 3.03. The molecule has 1 aliphatic carbocycles. The molecule has 14 heavy (non-hydrogen) atoms. The second-order valence-corrected chi connectivity index (χ2v) is 3.85. The largest absolute Gasteiger partial charge is 0.344 e. The Kier molecular flexibility index (Phi) is 1.92. The minimum Gasteiger partial charge on any atom is -0.344 e. The number of hydrogen-bond donors (Lipinski definition) is 0. The van der Waals surface area contributed by atoms with Gasteiger partial charge >= 0.3 is 0 Å². The fourth-order valence-corrected chi connectivity index (χ4v) is 2.19. The van der Waals surface area contributed by atoms with Crippen LogP contribution in [0.25, 0.3) is 0 Å². The Morgan fingerprint density at radius 3 is 1.29 bits per heavy atom. The zero-order valence-electron chi connectivity index (χ0n) is 8.03. The summed E-state index contributed by atoms with van der Waals surface area (Å²) < 4.78 is 22.3. The number of hydrogen-bond acceptors (Lipinski definition) is 4. The van der Waals surface area contributed by atoms with Crippen molar-refractivity contribution in [3.05, 3.63) is 12.2 Å². The van der Waals surface area contributed by atoms with Crippen molar-refractivity contribution in [1.82, 2.24) is 0 Å². The maximum Gasteiger partial charge on any atom is 0.188 e. The highest BCUT2D eigenvalue weighted by atomic mass is 16.7. The van der Waals surface area contributed by atoms with Crippen molar-refractivity contribution < 1.29 is 18.9 Å². The van der Waals surface area contributed by atoms with Gasteiger partial charge in [0, 0.05) is 12.8 Å². The summed E-state index contributed by atoms with van der Waals surface area (Å²) in [7, 11) is 0. The lowest BCUT2D eigenvalue weighted by atomic mass is 9.96. The molecule has 0 atom stereocenters. The van der Waals surface area contributed by atoms with Crippen molar-refractivity contribution >= 4 is 0 Å². The van der Waals surface area contributed by atoms with Crippen LogP contribution in [0.3, 0.4) is 0 Å². The van der Waals surface area contributed by atoms with Crippen molar-refractivity contribution in [3.63, 3.8) is 0 Å². The molecule has 0 saturated carbocycles. The first-order chi connectivity index (χ1) is 6.83. The van der Waals surface area contributed by atoms with Crippen LogP contribution in [0.15, 0.2) is 12.2 Å². The Morgan fingerprint density at radius 1 is 0.643 bits per heavy atom. The quantitative estimate of drug-likeness (QED) is 0.540. The smallest absolute Gasteiger partial charge is 0.188 e. The van der Waals surface area contributed by atoms with Gasteiger partial charge in [-0.15, -0.1) is 0 Å². The highest BCUT2D eigenvalue weighted by Gasteiger charge is 2.45. The predicted octanol–water partition coefficient (Wildman–Crippen LogP) is 0.823. The van der Waals surface area contributed by atoms with Crippen molar-refractivity contribution in [2.45, 2.75) is 24.4 Å². The van der Waals surface area contributed by atoms with Crippen LogP contribution in [0, 0.1) is 0 Å². The van der Waals surface area contributed by atoms with Crippen LogP contribution < -0.4 is 0 Å². The summed E-state index contributed by atoms with van der Waals surface area (Å²) in [6, 6.07) is 0. The van der Waals surface area contributed by atoms with Gasteiger partial charge in [-0.1, -0.05) is 0 Å². The minimum absolute atomic E-state index is 0.486. The lowest BCUT2D eigenvalue weighted by Gasteiger charge is -2.34. The number of rotatable bonds is 0. The SMILES string of the molecule is C1=CC2(CCC13OCCO3)OCCO2. The first-order valence-corrected chi connectivity index (χ1v) is 5.09. The summed E-state index contributed by atoms with van der Waals surface area (Å²) in [6.45, 7) is 2.72. The van der Waals surface area contributed by atoms with Crippen LogP contribution in [0.2, 0.25) is 0 Å². The van der Waals surface area contributed by atoms with E-state index in [1.165, 1.54) is 0 Å². The molecule has 3 rings (SSSR count). The van der Waals surface area contributed by atoms with Gasteiger partial charge in [-0.05, 0) is 12.2 Å². The zero-order chi connectivity index (χ0) is 9.49. The Balaban J connectivity index is 1.79. The van der Waals surface area contributed by atoms with E-state index in [1.54, 1.807) is 0 Å². The predicted molar refractivity (Wildman–Crippen MR) is 47.6 cm³/mol. The average Bonchev–Trinajstić information content (AvgIpc) is 2.81. The zero-order valence-corrected chi connectivity index (χ0v) is 8.03. The standard InChI is InChI=1S/C10H14O4/c1-2-10(13-7-8-14-10)4-3-9(1)11-5-6-12-9/h1-2H,3-8H2. The van der Waals surface area contributed by atoms with Gasteiger partial charge in [-0.25, -0.2) is 0 Å². The molecule has 0 radical (unpaired) electrons. The summed E-state index contributed by atoms with van der Waals surface area (Å²) in [5, 5.41) is 0. The lowest BCUT2D eigenvalue weighted by molar-refractivity contribution is -0.178. The molecule has 0 N–H and O–H groups in total. The molecule has 2 heterocycles. The maximum atomic E-state index is 5.56. The molecule has 0 aromatic rings. The fourth-order valence-electron chi connectivity index (χ4n) is 2.19. The van der Waals surface area contributed by atoms with Gasteiger partial charge in [0.05, 0.1) is 26.4 Å². The van der Waals surface area contributed by atoms with E-state index in [4.69, 9.17) is 18.9 Å². The fraction of sp³-hybridized carbons (Fsp3) is 0.800. The maximum absolute atomic E-state index is 5.56. The van der Waals surface area contributed by atoms with Crippen molar-refractivity contribution in [2.24, 2.45) is 0 Å². The Hall–Kier alpha value is -0.420. The molecule has 0 aromatic carbocycles. The van der Waals surface area contributed by atoms with Crippen molar-refractivity contribution in [1.29, 1.82) is 0 Å². The van der Waals surface area contributed by atoms with Gasteiger partial charge < -0.3 is 18.9 Å². The molecular formula is C10H14O4. The van der Waals surface area contributed by atoms with Crippen LogP contribution in [-0.2, 0) is 18.9 Å². The topological polar surface area (TPSA) is 36.9 Å². The van der Waals surface area contributed by atoms with E-state index in [1.807, 2.05) is 12.2 Å². The lowest BCUT2D eigenvalue weighted by Crippen LogP contribution is -2.39. The Morgan fingerprint density at radius 2 is 1.00 bits per heavy atom. The van der Waals surface area contributed by atoms with Crippen LogP contribution in [-0.4, -0.2) is 38.0 Å². The van der Waals surface area contributed by atoms with Crippen LogP contribution in [0.1, 0.15) is 12.8 Å². The molecule has 0 amide bonds. The second-order valence-electron chi connectivity index (χ2n) is 3.85. The van der Waals surface area contributed by atoms with E-state index in [0.717, 1.165) is 12.8 Å². The summed E-state index contributed by atoms with van der Waals surface area (Å²) in [6.07, 6.45) is 5.50. The van der Waals surface area contributed by atoms with Gasteiger partial charge in [0.15, 0.2) is 11.6 Å². The first-order valence-electron chi connectivity index (χ1n) is 5.09. The molecular weight excluding hydrogens is 184 g/mol. The highest BCUT2D eigenvalue weighted by molar-refractivity contribution is 5.11. The molecule has 2 spiro atoms. The molecule has 0 aromatic heterocycles. The van der Waals surface area contributed by atoms with Gasteiger partial charge in [0.1, 0.15) is 0 Å². The molecule has 0 unspecified atom stereocenters. The van der Waals surface area contributed by atoms with Crippen LogP contribution >= 0.6 is 0 Å². The van der Waals surface area contributed by atoms with Gasteiger partial charge in [0.2, 0.25) is 0 Å². The van der Waals surface area contributed by atoms with Crippen molar-refractivity contribution in [3.8, 4) is 0 Å². The van der Waals surface area contributed by atoms with Crippen molar-refractivity contribution in [2.75, 3.05) is 26.4 Å². The van der Waals surface area contributed by atoms with Crippen LogP contribution in [0.4, 0.5) is 0 Å².